The highest BCUT2D eigenvalue weighted by molar-refractivity contribution is 6.30. The molecule has 0 atom stereocenters. The summed E-state index contributed by atoms with van der Waals surface area (Å²) in [4.78, 5) is 23.8. The molecule has 164 valence electrons. The van der Waals surface area contributed by atoms with Crippen LogP contribution in [0.25, 0.3) is 0 Å². The van der Waals surface area contributed by atoms with Gasteiger partial charge in [-0.05, 0) is 66.6 Å². The topological polar surface area (TPSA) is 89.0 Å². The number of anilines is 1. The van der Waals surface area contributed by atoms with E-state index in [1.165, 1.54) is 6.21 Å². The summed E-state index contributed by atoms with van der Waals surface area (Å²) >= 11 is 5.89. The van der Waals surface area contributed by atoms with Crippen LogP contribution in [0.1, 0.15) is 11.1 Å². The smallest absolute Gasteiger partial charge is 0.277 e. The molecule has 0 spiro atoms. The van der Waals surface area contributed by atoms with Crippen LogP contribution in [0.3, 0.4) is 0 Å². The van der Waals surface area contributed by atoms with Gasteiger partial charge in [-0.25, -0.2) is 5.43 Å². The molecule has 0 aromatic heterocycles. The van der Waals surface area contributed by atoms with E-state index in [0.29, 0.717) is 22.2 Å². The highest BCUT2D eigenvalue weighted by Gasteiger charge is 2.05. The number of aryl methyl sites for hydroxylation is 1. The summed E-state index contributed by atoms with van der Waals surface area (Å²) in [6.07, 6.45) is 1.50. The normalized spacial score (nSPS) is 10.6. The number of hydrogen-bond acceptors (Lipinski definition) is 5. The molecule has 0 aliphatic heterocycles. The lowest BCUT2D eigenvalue weighted by Crippen LogP contribution is -2.24. The third-order valence-corrected chi connectivity index (χ3v) is 4.45. The Hall–Kier alpha value is -3.84. The van der Waals surface area contributed by atoms with E-state index < -0.39 is 0 Å². The molecule has 0 unspecified atom stereocenters. The molecule has 0 radical (unpaired) electrons. The van der Waals surface area contributed by atoms with Crippen molar-refractivity contribution in [1.29, 1.82) is 0 Å². The van der Waals surface area contributed by atoms with E-state index in [9.17, 15) is 9.59 Å². The highest BCUT2D eigenvalue weighted by Crippen LogP contribution is 2.16. The number of rotatable bonds is 9. The molecule has 3 rings (SSSR count). The van der Waals surface area contributed by atoms with Crippen molar-refractivity contribution in [2.24, 2.45) is 5.10 Å². The Morgan fingerprint density at radius 2 is 1.69 bits per heavy atom. The molecule has 3 aromatic carbocycles. The molecule has 2 N–H and O–H groups in total. The number of ether oxygens (including phenoxy) is 2. The summed E-state index contributed by atoms with van der Waals surface area (Å²) in [5, 5.41) is 7.16. The first-order chi connectivity index (χ1) is 15.5. The molecule has 0 aliphatic carbocycles. The number of carbonyl (C=O) groups is 2. The Bertz CT molecular complexity index is 1100. The van der Waals surface area contributed by atoms with Gasteiger partial charge in [-0.1, -0.05) is 35.9 Å². The molecular weight excluding hydrogens is 430 g/mol. The van der Waals surface area contributed by atoms with Crippen molar-refractivity contribution in [3.63, 3.8) is 0 Å². The number of hydrazone groups is 1. The average Bonchev–Trinajstić information content (AvgIpc) is 2.78. The lowest BCUT2D eigenvalue weighted by atomic mass is 10.2. The van der Waals surface area contributed by atoms with Crippen LogP contribution < -0.4 is 20.2 Å². The maximum Gasteiger partial charge on any atom is 0.277 e. The maximum atomic E-state index is 12.0. The Morgan fingerprint density at radius 3 is 2.44 bits per heavy atom. The molecule has 0 saturated heterocycles. The number of nitrogens with one attached hydrogen (secondary N) is 2. The first kappa shape index (κ1) is 22.8. The zero-order valence-electron chi connectivity index (χ0n) is 17.4. The zero-order chi connectivity index (χ0) is 22.8. The van der Waals surface area contributed by atoms with Gasteiger partial charge in [0.1, 0.15) is 11.5 Å². The van der Waals surface area contributed by atoms with Gasteiger partial charge in [-0.2, -0.15) is 5.10 Å². The second-order valence-electron chi connectivity index (χ2n) is 6.76. The molecule has 0 bridgehead atoms. The number of amides is 2. The fourth-order valence-corrected chi connectivity index (χ4v) is 2.83. The maximum absolute atomic E-state index is 12.0. The summed E-state index contributed by atoms with van der Waals surface area (Å²) in [5.74, 6) is 0.520. The van der Waals surface area contributed by atoms with Gasteiger partial charge in [0.2, 0.25) is 0 Å². The van der Waals surface area contributed by atoms with Crippen LogP contribution in [0.15, 0.2) is 77.9 Å². The van der Waals surface area contributed by atoms with Crippen LogP contribution >= 0.6 is 11.6 Å². The van der Waals surface area contributed by atoms with Crippen LogP contribution in [0.5, 0.6) is 11.5 Å². The summed E-state index contributed by atoms with van der Waals surface area (Å²) in [6.45, 7) is 1.63. The Kier molecular flexibility index (Phi) is 8.22. The molecule has 0 aliphatic rings. The quantitative estimate of drug-likeness (QED) is 0.377. The second-order valence-corrected chi connectivity index (χ2v) is 7.20. The lowest BCUT2D eigenvalue weighted by molar-refractivity contribution is -0.123. The zero-order valence-corrected chi connectivity index (χ0v) is 18.1. The predicted molar refractivity (Wildman–Crippen MR) is 124 cm³/mol. The monoisotopic (exact) mass is 451 g/mol. The van der Waals surface area contributed by atoms with Crippen molar-refractivity contribution >= 4 is 35.3 Å². The van der Waals surface area contributed by atoms with Gasteiger partial charge in [0.05, 0.1) is 6.21 Å². The molecule has 7 nitrogen and oxygen atoms in total. The van der Waals surface area contributed by atoms with Gasteiger partial charge in [0.25, 0.3) is 11.8 Å². The Morgan fingerprint density at radius 1 is 0.938 bits per heavy atom. The van der Waals surface area contributed by atoms with Crippen LogP contribution in [-0.4, -0.2) is 31.2 Å². The SMILES string of the molecule is Cc1ccccc1OCC(=O)N/N=C\c1ccc(OCC(=O)Nc2cccc(Cl)c2)cc1. The first-order valence-electron chi connectivity index (χ1n) is 9.78. The van der Waals surface area contributed by atoms with Crippen molar-refractivity contribution in [2.75, 3.05) is 18.5 Å². The van der Waals surface area contributed by atoms with Crippen LogP contribution in [0, 0.1) is 6.92 Å². The van der Waals surface area contributed by atoms with Crippen molar-refractivity contribution in [3.05, 3.63) is 88.9 Å². The molecule has 0 heterocycles. The van der Waals surface area contributed by atoms with Gasteiger partial charge in [0, 0.05) is 10.7 Å². The number of carbonyl (C=O) groups excluding carboxylic acids is 2. The summed E-state index contributed by atoms with van der Waals surface area (Å²) in [7, 11) is 0. The summed E-state index contributed by atoms with van der Waals surface area (Å²) in [6, 6.07) is 21.2. The number of benzene rings is 3. The minimum atomic E-state index is -0.366. The highest BCUT2D eigenvalue weighted by atomic mass is 35.5. The molecule has 0 saturated carbocycles. The van der Waals surface area contributed by atoms with Gasteiger partial charge in [-0.3, -0.25) is 9.59 Å². The molecular formula is C24H22ClN3O4. The minimum absolute atomic E-state index is 0.133. The first-order valence-corrected chi connectivity index (χ1v) is 10.2. The summed E-state index contributed by atoms with van der Waals surface area (Å²) in [5.41, 5.74) is 4.72. The van der Waals surface area contributed by atoms with Crippen molar-refractivity contribution in [3.8, 4) is 11.5 Å². The van der Waals surface area contributed by atoms with Crippen molar-refractivity contribution in [1.82, 2.24) is 5.43 Å². The van der Waals surface area contributed by atoms with E-state index in [1.54, 1.807) is 54.6 Å². The molecule has 3 aromatic rings. The number of hydrogen-bond donors (Lipinski definition) is 2. The predicted octanol–water partition coefficient (Wildman–Crippen LogP) is 4.20. The summed E-state index contributed by atoms with van der Waals surface area (Å²) < 4.78 is 10.9. The van der Waals surface area contributed by atoms with E-state index in [1.807, 2.05) is 25.1 Å². The number of nitrogens with zero attached hydrogens (tertiary/aromatic N) is 1. The third kappa shape index (κ3) is 7.45. The van der Waals surface area contributed by atoms with Crippen LogP contribution in [0.4, 0.5) is 5.69 Å². The van der Waals surface area contributed by atoms with Crippen LogP contribution in [0.2, 0.25) is 5.02 Å². The van der Waals surface area contributed by atoms with Crippen molar-refractivity contribution < 1.29 is 19.1 Å². The van der Waals surface area contributed by atoms with Gasteiger partial charge < -0.3 is 14.8 Å². The second kappa shape index (κ2) is 11.5. The Balaban J connectivity index is 1.40. The van der Waals surface area contributed by atoms with E-state index >= 15 is 0 Å². The number of halogens is 1. The standard InChI is InChI=1S/C24H22ClN3O4/c1-17-5-2-3-8-22(17)32-16-24(30)28-26-14-18-9-11-21(12-10-18)31-15-23(29)27-20-7-4-6-19(25)13-20/h2-14H,15-16H2,1H3,(H,27,29)(H,28,30)/b26-14-. The average molecular weight is 452 g/mol. The van der Waals surface area contributed by atoms with E-state index in [-0.39, 0.29) is 25.0 Å². The van der Waals surface area contributed by atoms with Crippen LogP contribution in [-0.2, 0) is 9.59 Å². The van der Waals surface area contributed by atoms with E-state index in [0.717, 1.165) is 11.1 Å². The van der Waals surface area contributed by atoms with E-state index in [2.05, 4.69) is 15.8 Å². The van der Waals surface area contributed by atoms with Gasteiger partial charge in [0.15, 0.2) is 13.2 Å². The largest absolute Gasteiger partial charge is 0.484 e. The molecule has 8 heteroatoms. The third-order valence-electron chi connectivity index (χ3n) is 4.21. The molecule has 2 amide bonds. The Labute approximate surface area is 191 Å². The molecule has 0 fully saturated rings. The van der Waals surface area contributed by atoms with Crippen molar-refractivity contribution in [2.45, 2.75) is 6.92 Å². The fraction of sp³-hybridized carbons (Fsp3) is 0.125. The van der Waals surface area contributed by atoms with Gasteiger partial charge in [-0.15, -0.1) is 0 Å². The fourth-order valence-electron chi connectivity index (χ4n) is 2.64. The van der Waals surface area contributed by atoms with Gasteiger partial charge >= 0.3 is 0 Å². The molecule has 32 heavy (non-hydrogen) atoms. The van der Waals surface area contributed by atoms with E-state index in [4.69, 9.17) is 21.1 Å². The lowest BCUT2D eigenvalue weighted by Gasteiger charge is -2.08. The minimum Gasteiger partial charge on any atom is -0.484 e. The number of para-hydroxylation sites is 1.